The van der Waals surface area contributed by atoms with Gasteiger partial charge in [0.25, 0.3) is 0 Å². The van der Waals surface area contributed by atoms with Gasteiger partial charge in [0.05, 0.1) is 5.25 Å². The SMILES string of the molecule is CSC1CC(=O)N(CCCCCC(=O)N[C@H](C(N)=O)C(C)C)C1=O. The number of rotatable bonds is 10. The molecule has 0 saturated carbocycles. The largest absolute Gasteiger partial charge is 0.368 e. The maximum Gasteiger partial charge on any atom is 0.242 e. The number of hydrogen-bond donors (Lipinski definition) is 2. The third-order valence-corrected chi connectivity index (χ3v) is 5.00. The van der Waals surface area contributed by atoms with E-state index in [0.29, 0.717) is 25.8 Å². The van der Waals surface area contributed by atoms with Gasteiger partial charge < -0.3 is 11.1 Å². The molecule has 1 fully saturated rings. The van der Waals surface area contributed by atoms with E-state index >= 15 is 0 Å². The Kier molecular flexibility index (Phi) is 8.24. The number of carbonyl (C=O) groups is 4. The average Bonchev–Trinajstić information content (AvgIpc) is 2.78. The molecule has 7 nitrogen and oxygen atoms in total. The van der Waals surface area contributed by atoms with E-state index in [0.717, 1.165) is 6.42 Å². The lowest BCUT2D eigenvalue weighted by atomic mass is 10.0. The van der Waals surface area contributed by atoms with Crippen LogP contribution in [-0.2, 0) is 19.2 Å². The van der Waals surface area contributed by atoms with E-state index in [-0.39, 0.29) is 35.3 Å². The molecule has 0 spiro atoms. The monoisotopic (exact) mass is 357 g/mol. The van der Waals surface area contributed by atoms with Crippen LogP contribution in [0.4, 0.5) is 0 Å². The predicted octanol–water partition coefficient (Wildman–Crippen LogP) is 0.663. The lowest BCUT2D eigenvalue weighted by Gasteiger charge is -2.19. The van der Waals surface area contributed by atoms with E-state index in [1.165, 1.54) is 16.7 Å². The van der Waals surface area contributed by atoms with Gasteiger partial charge in [-0.1, -0.05) is 20.3 Å². The number of amides is 4. The topological polar surface area (TPSA) is 110 Å². The molecule has 0 aromatic heterocycles. The first-order valence-electron chi connectivity index (χ1n) is 8.23. The highest BCUT2D eigenvalue weighted by atomic mass is 32.2. The van der Waals surface area contributed by atoms with E-state index in [4.69, 9.17) is 5.73 Å². The molecule has 3 N–H and O–H groups in total. The molecule has 4 amide bonds. The molecular weight excluding hydrogens is 330 g/mol. The summed E-state index contributed by atoms with van der Waals surface area (Å²) < 4.78 is 0. The number of nitrogens with one attached hydrogen (secondary N) is 1. The number of carbonyl (C=O) groups excluding carboxylic acids is 4. The minimum absolute atomic E-state index is 0.0528. The van der Waals surface area contributed by atoms with Crippen molar-refractivity contribution in [3.63, 3.8) is 0 Å². The maximum atomic E-state index is 11.9. The van der Waals surface area contributed by atoms with E-state index in [2.05, 4.69) is 5.32 Å². The van der Waals surface area contributed by atoms with Gasteiger partial charge in [-0.2, -0.15) is 11.8 Å². The van der Waals surface area contributed by atoms with Crippen LogP contribution in [0.1, 0.15) is 46.0 Å². The number of thioether (sulfide) groups is 1. The molecular formula is C16H27N3O4S. The first-order chi connectivity index (χ1) is 11.3. The Labute approximate surface area is 147 Å². The molecule has 1 saturated heterocycles. The number of likely N-dealkylation sites (tertiary alicyclic amines) is 1. The number of nitrogens with zero attached hydrogens (tertiary/aromatic N) is 1. The second-order valence-electron chi connectivity index (χ2n) is 6.31. The number of nitrogens with two attached hydrogens (primary N) is 1. The summed E-state index contributed by atoms with van der Waals surface area (Å²) in [5, 5.41) is 2.40. The molecule has 1 unspecified atom stereocenters. The van der Waals surface area contributed by atoms with Crippen LogP contribution in [-0.4, -0.2) is 52.6 Å². The van der Waals surface area contributed by atoms with Gasteiger partial charge in [0.1, 0.15) is 6.04 Å². The molecule has 136 valence electrons. The Morgan fingerprint density at radius 3 is 2.46 bits per heavy atom. The quantitative estimate of drug-likeness (QED) is 0.441. The molecule has 0 radical (unpaired) electrons. The van der Waals surface area contributed by atoms with Gasteiger partial charge in [0.2, 0.25) is 23.6 Å². The van der Waals surface area contributed by atoms with Gasteiger partial charge in [-0.3, -0.25) is 24.1 Å². The van der Waals surface area contributed by atoms with Crippen molar-refractivity contribution >= 4 is 35.4 Å². The van der Waals surface area contributed by atoms with Crippen LogP contribution in [0, 0.1) is 5.92 Å². The highest BCUT2D eigenvalue weighted by Gasteiger charge is 2.37. The minimum atomic E-state index is -0.652. The second-order valence-corrected chi connectivity index (χ2v) is 7.35. The van der Waals surface area contributed by atoms with Crippen molar-refractivity contribution in [2.24, 2.45) is 11.7 Å². The van der Waals surface area contributed by atoms with Crippen LogP contribution in [0.5, 0.6) is 0 Å². The van der Waals surface area contributed by atoms with Gasteiger partial charge in [0.15, 0.2) is 0 Å². The maximum absolute atomic E-state index is 11.9. The van der Waals surface area contributed by atoms with Crippen molar-refractivity contribution in [1.82, 2.24) is 10.2 Å². The average molecular weight is 357 g/mol. The second kappa shape index (κ2) is 9.66. The normalized spacial score (nSPS) is 19.0. The van der Waals surface area contributed by atoms with E-state index in [1.54, 1.807) is 0 Å². The molecule has 1 aliphatic rings. The fourth-order valence-electron chi connectivity index (χ4n) is 2.62. The Balaban J connectivity index is 2.24. The molecule has 0 aromatic carbocycles. The van der Waals surface area contributed by atoms with Crippen molar-refractivity contribution < 1.29 is 19.2 Å². The van der Waals surface area contributed by atoms with Gasteiger partial charge >= 0.3 is 0 Å². The van der Waals surface area contributed by atoms with Crippen molar-refractivity contribution in [1.29, 1.82) is 0 Å². The first kappa shape index (κ1) is 20.5. The summed E-state index contributed by atoms with van der Waals surface area (Å²) in [7, 11) is 0. The fourth-order valence-corrected chi connectivity index (χ4v) is 3.25. The van der Waals surface area contributed by atoms with Crippen molar-refractivity contribution in [2.45, 2.75) is 57.2 Å². The molecule has 0 bridgehead atoms. The fraction of sp³-hybridized carbons (Fsp3) is 0.750. The van der Waals surface area contributed by atoms with Crippen molar-refractivity contribution in [2.75, 3.05) is 12.8 Å². The number of hydrogen-bond acceptors (Lipinski definition) is 5. The molecule has 1 heterocycles. The van der Waals surface area contributed by atoms with Crippen LogP contribution < -0.4 is 11.1 Å². The third-order valence-electron chi connectivity index (χ3n) is 4.06. The van der Waals surface area contributed by atoms with Gasteiger partial charge in [-0.25, -0.2) is 0 Å². The van der Waals surface area contributed by atoms with Crippen LogP contribution in [0.25, 0.3) is 0 Å². The summed E-state index contributed by atoms with van der Waals surface area (Å²) in [6, 6.07) is -0.652. The zero-order valence-corrected chi connectivity index (χ0v) is 15.4. The molecule has 8 heteroatoms. The van der Waals surface area contributed by atoms with E-state index in [9.17, 15) is 19.2 Å². The lowest BCUT2D eigenvalue weighted by Crippen LogP contribution is -2.47. The summed E-state index contributed by atoms with van der Waals surface area (Å²) in [6.07, 6.45) is 4.45. The number of unbranched alkanes of at least 4 members (excludes halogenated alkanes) is 2. The zero-order valence-electron chi connectivity index (χ0n) is 14.5. The summed E-state index contributed by atoms with van der Waals surface area (Å²) >= 11 is 1.40. The van der Waals surface area contributed by atoms with Gasteiger partial charge in [-0.15, -0.1) is 0 Å². The number of primary amides is 1. The van der Waals surface area contributed by atoms with Crippen molar-refractivity contribution in [3.05, 3.63) is 0 Å². The van der Waals surface area contributed by atoms with Gasteiger partial charge in [0, 0.05) is 19.4 Å². The summed E-state index contributed by atoms with van der Waals surface area (Å²) in [6.45, 7) is 4.05. The molecule has 1 aliphatic heterocycles. The standard InChI is InChI=1S/C16H27N3O4S/c1-10(2)14(15(17)22)18-12(20)7-5-4-6-8-19-13(21)9-11(24-3)16(19)23/h10-11,14H,4-9H2,1-3H3,(H2,17,22)(H,18,20)/t11?,14-/m0/s1. The molecule has 0 aromatic rings. The van der Waals surface area contributed by atoms with Crippen LogP contribution in [0.3, 0.4) is 0 Å². The van der Waals surface area contributed by atoms with E-state index < -0.39 is 11.9 Å². The van der Waals surface area contributed by atoms with Gasteiger partial charge in [-0.05, 0) is 25.0 Å². The molecule has 1 rings (SSSR count). The highest BCUT2D eigenvalue weighted by Crippen LogP contribution is 2.23. The highest BCUT2D eigenvalue weighted by molar-refractivity contribution is 8.00. The van der Waals surface area contributed by atoms with E-state index in [1.807, 2.05) is 20.1 Å². The van der Waals surface area contributed by atoms with Crippen molar-refractivity contribution in [3.8, 4) is 0 Å². The van der Waals surface area contributed by atoms with Crippen LogP contribution in [0.2, 0.25) is 0 Å². The Morgan fingerprint density at radius 2 is 1.96 bits per heavy atom. The van der Waals surface area contributed by atoms with Crippen LogP contribution in [0.15, 0.2) is 0 Å². The van der Waals surface area contributed by atoms with Crippen LogP contribution >= 0.6 is 11.8 Å². The Bertz CT molecular complexity index is 496. The zero-order chi connectivity index (χ0) is 18.3. The first-order valence-corrected chi connectivity index (χ1v) is 9.52. The lowest BCUT2D eigenvalue weighted by molar-refractivity contribution is -0.138. The Morgan fingerprint density at radius 1 is 1.29 bits per heavy atom. The summed E-state index contributed by atoms with van der Waals surface area (Å²) in [4.78, 5) is 48.1. The molecule has 0 aliphatic carbocycles. The summed E-state index contributed by atoms with van der Waals surface area (Å²) in [5.41, 5.74) is 5.26. The minimum Gasteiger partial charge on any atom is -0.368 e. The Hall–Kier alpha value is -1.57. The smallest absolute Gasteiger partial charge is 0.242 e. The number of imide groups is 1. The summed E-state index contributed by atoms with van der Waals surface area (Å²) in [5.74, 6) is -1.01. The predicted molar refractivity (Wildman–Crippen MR) is 93.1 cm³/mol. The third kappa shape index (κ3) is 5.81. The molecule has 2 atom stereocenters. The molecule has 24 heavy (non-hydrogen) atoms.